The first-order valence-electron chi connectivity index (χ1n) is 6.06. The van der Waals surface area contributed by atoms with Crippen molar-refractivity contribution in [3.05, 3.63) is 48.2 Å². The minimum absolute atomic E-state index is 0.259. The van der Waals surface area contributed by atoms with E-state index < -0.39 is 0 Å². The summed E-state index contributed by atoms with van der Waals surface area (Å²) >= 11 is 0. The molecule has 0 bridgehead atoms. The van der Waals surface area contributed by atoms with Gasteiger partial charge in [-0.25, -0.2) is 14.4 Å². The van der Waals surface area contributed by atoms with Crippen LogP contribution in [0.15, 0.2) is 36.8 Å². The zero-order chi connectivity index (χ0) is 13.2. The number of aromatic nitrogens is 3. The topological polar surface area (TPSA) is 67.6 Å². The van der Waals surface area contributed by atoms with E-state index >= 15 is 0 Å². The number of nitrogens with two attached hydrogens (primary N) is 1. The molecular formula is C14H13FN4. The summed E-state index contributed by atoms with van der Waals surface area (Å²) in [5, 5.41) is 0.958. The van der Waals surface area contributed by atoms with E-state index in [1.54, 1.807) is 12.1 Å². The van der Waals surface area contributed by atoms with E-state index in [4.69, 9.17) is 5.73 Å². The van der Waals surface area contributed by atoms with Gasteiger partial charge in [0.1, 0.15) is 17.8 Å². The van der Waals surface area contributed by atoms with Crippen LogP contribution in [0.25, 0.3) is 22.3 Å². The molecule has 0 aliphatic heterocycles. The van der Waals surface area contributed by atoms with Crippen molar-refractivity contribution >= 4 is 11.0 Å². The average molecular weight is 256 g/mol. The van der Waals surface area contributed by atoms with Crippen molar-refractivity contribution < 1.29 is 4.39 Å². The molecule has 19 heavy (non-hydrogen) atoms. The molecule has 0 amide bonds. The van der Waals surface area contributed by atoms with Crippen LogP contribution in [0.3, 0.4) is 0 Å². The lowest BCUT2D eigenvalue weighted by Crippen LogP contribution is -2.02. The number of halogens is 1. The molecule has 2 heterocycles. The van der Waals surface area contributed by atoms with Gasteiger partial charge in [-0.3, -0.25) is 0 Å². The Morgan fingerprint density at radius 1 is 1.16 bits per heavy atom. The number of nitrogens with one attached hydrogen (secondary N) is 1. The van der Waals surface area contributed by atoms with E-state index in [1.807, 2.05) is 6.20 Å². The molecule has 3 N–H and O–H groups in total. The van der Waals surface area contributed by atoms with Crippen molar-refractivity contribution in [3.63, 3.8) is 0 Å². The number of aromatic amines is 1. The molecule has 0 spiro atoms. The summed E-state index contributed by atoms with van der Waals surface area (Å²) in [6, 6.07) is 6.30. The summed E-state index contributed by atoms with van der Waals surface area (Å²) in [5.74, 6) is -0.259. The molecule has 3 rings (SSSR count). The van der Waals surface area contributed by atoms with Crippen LogP contribution in [0.4, 0.5) is 4.39 Å². The SMILES string of the molecule is NCCc1c[nH]c2ncnc(-c3ccc(F)cc3)c12. The Labute approximate surface area is 109 Å². The van der Waals surface area contributed by atoms with E-state index in [2.05, 4.69) is 15.0 Å². The summed E-state index contributed by atoms with van der Waals surface area (Å²) in [6.07, 6.45) is 4.16. The first kappa shape index (κ1) is 11.8. The van der Waals surface area contributed by atoms with Gasteiger partial charge in [0.15, 0.2) is 0 Å². The molecule has 0 saturated heterocycles. The van der Waals surface area contributed by atoms with Crippen molar-refractivity contribution in [2.75, 3.05) is 6.54 Å². The summed E-state index contributed by atoms with van der Waals surface area (Å²) in [7, 11) is 0. The molecular weight excluding hydrogens is 243 g/mol. The molecule has 0 atom stereocenters. The second-order valence-electron chi connectivity index (χ2n) is 4.31. The maximum Gasteiger partial charge on any atom is 0.141 e. The second kappa shape index (κ2) is 4.78. The number of hydrogen-bond acceptors (Lipinski definition) is 3. The summed E-state index contributed by atoms with van der Waals surface area (Å²) in [5.41, 5.74) is 9.14. The Morgan fingerprint density at radius 3 is 2.68 bits per heavy atom. The van der Waals surface area contributed by atoms with Gasteiger partial charge < -0.3 is 10.7 Å². The van der Waals surface area contributed by atoms with Gasteiger partial charge in [0.25, 0.3) is 0 Å². The third kappa shape index (κ3) is 2.08. The largest absolute Gasteiger partial charge is 0.346 e. The zero-order valence-corrected chi connectivity index (χ0v) is 10.2. The number of nitrogens with zero attached hydrogens (tertiary/aromatic N) is 2. The van der Waals surface area contributed by atoms with Crippen LogP contribution >= 0.6 is 0 Å². The molecule has 0 radical (unpaired) electrons. The van der Waals surface area contributed by atoms with E-state index in [1.165, 1.54) is 18.5 Å². The van der Waals surface area contributed by atoms with Crippen molar-refractivity contribution in [3.8, 4) is 11.3 Å². The fraction of sp³-hybridized carbons (Fsp3) is 0.143. The molecule has 96 valence electrons. The number of rotatable bonds is 3. The maximum atomic E-state index is 13.0. The second-order valence-corrected chi connectivity index (χ2v) is 4.31. The van der Waals surface area contributed by atoms with Gasteiger partial charge in [0.05, 0.1) is 5.69 Å². The lowest BCUT2D eigenvalue weighted by Gasteiger charge is -2.04. The monoisotopic (exact) mass is 256 g/mol. The predicted octanol–water partition coefficient (Wildman–Crippen LogP) is 2.27. The van der Waals surface area contributed by atoms with Gasteiger partial charge in [-0.2, -0.15) is 0 Å². The Kier molecular flexibility index (Phi) is 2.97. The molecule has 5 heteroatoms. The average Bonchev–Trinajstić information content (AvgIpc) is 2.84. The molecule has 0 fully saturated rings. The smallest absolute Gasteiger partial charge is 0.141 e. The van der Waals surface area contributed by atoms with Crippen LogP contribution < -0.4 is 5.73 Å². The Morgan fingerprint density at radius 2 is 1.95 bits per heavy atom. The molecule has 1 aromatic carbocycles. The van der Waals surface area contributed by atoms with Crippen molar-refractivity contribution in [1.82, 2.24) is 15.0 Å². The fourth-order valence-electron chi connectivity index (χ4n) is 2.21. The summed E-state index contributed by atoms with van der Waals surface area (Å²) < 4.78 is 13.0. The van der Waals surface area contributed by atoms with E-state index in [-0.39, 0.29) is 5.82 Å². The zero-order valence-electron chi connectivity index (χ0n) is 10.2. The van der Waals surface area contributed by atoms with Crippen molar-refractivity contribution in [1.29, 1.82) is 0 Å². The minimum atomic E-state index is -0.259. The van der Waals surface area contributed by atoms with Crippen LogP contribution in [0.5, 0.6) is 0 Å². The highest BCUT2D eigenvalue weighted by atomic mass is 19.1. The molecule has 0 aliphatic carbocycles. The normalized spacial score (nSPS) is 11.1. The van der Waals surface area contributed by atoms with Gasteiger partial charge in [-0.1, -0.05) is 0 Å². The van der Waals surface area contributed by atoms with Gasteiger partial charge in [0.2, 0.25) is 0 Å². The Bertz CT molecular complexity index is 703. The Hall–Kier alpha value is -2.27. The molecule has 2 aromatic heterocycles. The fourth-order valence-corrected chi connectivity index (χ4v) is 2.21. The van der Waals surface area contributed by atoms with E-state index in [0.29, 0.717) is 6.54 Å². The lowest BCUT2D eigenvalue weighted by molar-refractivity contribution is 0.628. The van der Waals surface area contributed by atoms with Crippen LogP contribution in [-0.4, -0.2) is 21.5 Å². The van der Waals surface area contributed by atoms with Gasteiger partial charge >= 0.3 is 0 Å². The summed E-state index contributed by atoms with van der Waals surface area (Å²) in [6.45, 7) is 0.560. The molecule has 0 saturated carbocycles. The third-order valence-corrected chi connectivity index (χ3v) is 3.08. The Balaban J connectivity index is 2.22. The van der Waals surface area contributed by atoms with E-state index in [9.17, 15) is 4.39 Å². The number of fused-ring (bicyclic) bond motifs is 1. The van der Waals surface area contributed by atoms with Gasteiger partial charge in [-0.15, -0.1) is 0 Å². The number of benzene rings is 1. The van der Waals surface area contributed by atoms with Gasteiger partial charge in [-0.05, 0) is 42.8 Å². The molecule has 0 aliphatic rings. The van der Waals surface area contributed by atoms with Crippen LogP contribution in [-0.2, 0) is 6.42 Å². The predicted molar refractivity (Wildman–Crippen MR) is 72.0 cm³/mol. The third-order valence-electron chi connectivity index (χ3n) is 3.08. The molecule has 3 aromatic rings. The van der Waals surface area contributed by atoms with Crippen molar-refractivity contribution in [2.24, 2.45) is 5.73 Å². The number of H-pyrrole nitrogens is 1. The minimum Gasteiger partial charge on any atom is -0.346 e. The lowest BCUT2D eigenvalue weighted by atomic mass is 10.0. The summed E-state index contributed by atoms with van der Waals surface area (Å²) in [4.78, 5) is 11.6. The standard InChI is InChI=1S/C14H13FN4/c15-11-3-1-9(2-4-11)13-12-10(5-6-16)7-17-14(12)19-8-18-13/h1-4,7-8H,5-6,16H2,(H,17,18,19). The van der Waals surface area contributed by atoms with Crippen LogP contribution in [0.1, 0.15) is 5.56 Å². The highest BCUT2D eigenvalue weighted by Crippen LogP contribution is 2.28. The quantitative estimate of drug-likeness (QED) is 0.755. The van der Waals surface area contributed by atoms with Crippen LogP contribution in [0.2, 0.25) is 0 Å². The van der Waals surface area contributed by atoms with Crippen molar-refractivity contribution in [2.45, 2.75) is 6.42 Å². The highest BCUT2D eigenvalue weighted by Gasteiger charge is 2.12. The van der Waals surface area contributed by atoms with Crippen LogP contribution in [0, 0.1) is 5.82 Å². The molecule has 0 unspecified atom stereocenters. The first-order chi connectivity index (χ1) is 9.29. The first-order valence-corrected chi connectivity index (χ1v) is 6.06. The highest BCUT2D eigenvalue weighted by molar-refractivity contribution is 5.93. The molecule has 4 nitrogen and oxygen atoms in total. The maximum absolute atomic E-state index is 13.0. The number of hydrogen-bond donors (Lipinski definition) is 2. The van der Waals surface area contributed by atoms with Gasteiger partial charge in [0, 0.05) is 17.1 Å². The van der Waals surface area contributed by atoms with E-state index in [0.717, 1.165) is 34.3 Å².